The lowest BCUT2D eigenvalue weighted by molar-refractivity contribution is -0.171. The van der Waals surface area contributed by atoms with Crippen LogP contribution in [0.4, 0.5) is 0 Å². The van der Waals surface area contributed by atoms with Gasteiger partial charge >= 0.3 is 11.9 Å². The number of rotatable bonds is 10. The van der Waals surface area contributed by atoms with Gasteiger partial charge in [-0.2, -0.15) is 0 Å². The van der Waals surface area contributed by atoms with Crippen LogP contribution in [-0.2, 0) is 23.8 Å². The molecule has 36 heavy (non-hydrogen) atoms. The first-order chi connectivity index (χ1) is 16.7. The normalized spacial score (nSPS) is 13.2. The number of esters is 2. The summed E-state index contributed by atoms with van der Waals surface area (Å²) in [7, 11) is 1.38. The van der Waals surface area contributed by atoms with Crippen LogP contribution < -0.4 is 10.7 Å². The summed E-state index contributed by atoms with van der Waals surface area (Å²) in [6.45, 7) is 6.08. The average molecular weight is 570 g/mol. The van der Waals surface area contributed by atoms with Gasteiger partial charge in [0.2, 0.25) is 11.3 Å². The molecule has 1 unspecified atom stereocenters. The number of ether oxygens (including phenoxy) is 3. The molecular formula is C23H28BrN3O9. The zero-order valence-corrected chi connectivity index (χ0v) is 22.1. The van der Waals surface area contributed by atoms with Gasteiger partial charge in [-0.1, -0.05) is 0 Å². The van der Waals surface area contributed by atoms with Gasteiger partial charge in [0, 0.05) is 30.5 Å². The van der Waals surface area contributed by atoms with Crippen LogP contribution in [-0.4, -0.2) is 76.5 Å². The molecule has 0 spiro atoms. The molecular weight excluding hydrogens is 542 g/mol. The molecule has 2 N–H and O–H groups in total. The van der Waals surface area contributed by atoms with E-state index < -0.39 is 52.4 Å². The fraction of sp³-hybridized carbons (Fsp3) is 0.478. The third-order valence-corrected chi connectivity index (χ3v) is 5.10. The third-order valence-electron chi connectivity index (χ3n) is 4.66. The maximum Gasteiger partial charge on any atom is 0.379 e. The van der Waals surface area contributed by atoms with Gasteiger partial charge in [-0.3, -0.25) is 24.3 Å². The first-order valence-corrected chi connectivity index (χ1v) is 11.7. The summed E-state index contributed by atoms with van der Waals surface area (Å²) in [5.41, 5.74) is -5.03. The van der Waals surface area contributed by atoms with Crippen molar-refractivity contribution < 1.29 is 38.5 Å². The number of hydrogen-bond acceptors (Lipinski definition) is 11. The summed E-state index contributed by atoms with van der Waals surface area (Å²) >= 11 is 3.19. The largest absolute Gasteiger partial charge is 0.462 e. The predicted molar refractivity (Wildman–Crippen MR) is 131 cm³/mol. The van der Waals surface area contributed by atoms with Crippen molar-refractivity contribution in [3.63, 3.8) is 0 Å². The standard InChI is InChI=1S/C23H28BrN3O9/c1-6-35-20(31)15-12-27(19-14(17(15)29)9-13(24)11-25-19)16(28)10-23(33,26-7-8-34-5)18(30)21(32)36-22(2,3)4/h9,11-12,26,33H,6-8,10H2,1-5H3. The van der Waals surface area contributed by atoms with Crippen molar-refractivity contribution in [2.24, 2.45) is 0 Å². The van der Waals surface area contributed by atoms with Crippen LogP contribution in [0.15, 0.2) is 27.7 Å². The maximum atomic E-state index is 13.4. The highest BCUT2D eigenvalue weighted by Gasteiger charge is 2.44. The van der Waals surface area contributed by atoms with Gasteiger partial charge in [-0.05, 0) is 49.7 Å². The van der Waals surface area contributed by atoms with Crippen LogP contribution >= 0.6 is 15.9 Å². The van der Waals surface area contributed by atoms with Crippen LogP contribution in [0.1, 0.15) is 49.3 Å². The molecule has 0 bridgehead atoms. The zero-order chi connectivity index (χ0) is 27.3. The molecule has 0 fully saturated rings. The number of nitrogens with zero attached hydrogens (tertiary/aromatic N) is 2. The predicted octanol–water partition coefficient (Wildman–Crippen LogP) is 1.20. The Morgan fingerprint density at radius 2 is 1.89 bits per heavy atom. The number of ketones is 1. The number of carbonyl (C=O) groups is 4. The topological polar surface area (TPSA) is 163 Å². The van der Waals surface area contributed by atoms with E-state index in [0.717, 1.165) is 10.8 Å². The number of pyridine rings is 2. The van der Waals surface area contributed by atoms with Crippen LogP contribution in [0, 0.1) is 0 Å². The quantitative estimate of drug-likeness (QED) is 0.183. The van der Waals surface area contributed by atoms with Crippen molar-refractivity contribution in [3.05, 3.63) is 38.7 Å². The Morgan fingerprint density at radius 3 is 2.47 bits per heavy atom. The Bertz CT molecular complexity index is 1240. The Hall–Kier alpha value is -3.00. The average Bonchev–Trinajstić information content (AvgIpc) is 2.78. The molecule has 2 aromatic rings. The van der Waals surface area contributed by atoms with E-state index in [0.29, 0.717) is 4.47 Å². The first-order valence-electron chi connectivity index (χ1n) is 10.9. The van der Waals surface area contributed by atoms with Crippen molar-refractivity contribution in [2.75, 3.05) is 26.9 Å². The molecule has 0 aliphatic heterocycles. The summed E-state index contributed by atoms with van der Waals surface area (Å²) in [4.78, 5) is 68.0. The number of aliphatic hydroxyl groups is 1. The van der Waals surface area contributed by atoms with E-state index in [9.17, 15) is 29.1 Å². The van der Waals surface area contributed by atoms with Gasteiger partial charge in [0.05, 0.1) is 25.0 Å². The molecule has 1 atom stereocenters. The van der Waals surface area contributed by atoms with E-state index in [1.807, 2.05) is 0 Å². The highest BCUT2D eigenvalue weighted by Crippen LogP contribution is 2.19. The van der Waals surface area contributed by atoms with Gasteiger partial charge < -0.3 is 19.3 Å². The lowest BCUT2D eigenvalue weighted by Crippen LogP contribution is -2.58. The molecule has 2 heterocycles. The minimum Gasteiger partial charge on any atom is -0.462 e. The van der Waals surface area contributed by atoms with Crippen LogP contribution in [0.5, 0.6) is 0 Å². The zero-order valence-electron chi connectivity index (χ0n) is 20.5. The van der Waals surface area contributed by atoms with Crippen LogP contribution in [0.25, 0.3) is 11.0 Å². The monoisotopic (exact) mass is 569 g/mol. The van der Waals surface area contributed by atoms with E-state index >= 15 is 0 Å². The molecule has 0 radical (unpaired) electrons. The Kier molecular flexibility index (Phi) is 9.60. The molecule has 2 rings (SSSR count). The second-order valence-corrected chi connectivity index (χ2v) is 9.58. The number of nitrogens with one attached hydrogen (secondary N) is 1. The van der Waals surface area contributed by atoms with Crippen LogP contribution in [0.2, 0.25) is 0 Å². The molecule has 196 valence electrons. The fourth-order valence-electron chi connectivity index (χ4n) is 3.11. The highest BCUT2D eigenvalue weighted by molar-refractivity contribution is 9.10. The minimum atomic E-state index is -2.69. The van der Waals surface area contributed by atoms with E-state index in [2.05, 4.69) is 26.2 Å². The number of hydrogen-bond donors (Lipinski definition) is 2. The minimum absolute atomic E-state index is 0.0193. The Morgan fingerprint density at radius 1 is 1.22 bits per heavy atom. The van der Waals surface area contributed by atoms with Gasteiger partial charge in [0.1, 0.15) is 11.2 Å². The van der Waals surface area contributed by atoms with Gasteiger partial charge in [0.15, 0.2) is 11.4 Å². The van der Waals surface area contributed by atoms with E-state index in [4.69, 9.17) is 14.2 Å². The Labute approximate surface area is 215 Å². The second-order valence-electron chi connectivity index (χ2n) is 8.67. The van der Waals surface area contributed by atoms with Crippen molar-refractivity contribution in [1.29, 1.82) is 0 Å². The molecule has 0 aliphatic carbocycles. The molecule has 0 aliphatic rings. The first kappa shape index (κ1) is 29.2. The SMILES string of the molecule is CCOC(=O)c1cn(C(=O)CC(O)(NCCOC)C(=O)C(=O)OC(C)(C)C)c2ncc(Br)cc2c1=O. The molecule has 2 aromatic heterocycles. The van der Waals surface area contributed by atoms with Crippen LogP contribution in [0.3, 0.4) is 0 Å². The fourth-order valence-corrected chi connectivity index (χ4v) is 3.44. The molecule has 0 saturated carbocycles. The maximum absolute atomic E-state index is 13.4. The van der Waals surface area contributed by atoms with Gasteiger partial charge in [0.25, 0.3) is 5.78 Å². The summed E-state index contributed by atoms with van der Waals surface area (Å²) < 4.78 is 16.1. The van der Waals surface area contributed by atoms with Crippen molar-refractivity contribution in [3.8, 4) is 0 Å². The van der Waals surface area contributed by atoms with E-state index in [-0.39, 0.29) is 30.8 Å². The third kappa shape index (κ3) is 7.03. The van der Waals surface area contributed by atoms with Crippen molar-refractivity contribution in [1.82, 2.24) is 14.9 Å². The second kappa shape index (κ2) is 11.8. The molecule has 0 saturated heterocycles. The number of halogens is 1. The summed E-state index contributed by atoms with van der Waals surface area (Å²) in [6, 6.07) is 1.37. The lowest BCUT2D eigenvalue weighted by Gasteiger charge is -2.28. The molecule has 12 nitrogen and oxygen atoms in total. The van der Waals surface area contributed by atoms with Crippen molar-refractivity contribution in [2.45, 2.75) is 45.4 Å². The lowest BCUT2D eigenvalue weighted by atomic mass is 10.0. The molecule has 0 amide bonds. The Balaban J connectivity index is 2.59. The number of methoxy groups -OCH3 is 1. The number of fused-ring (bicyclic) bond motifs is 1. The van der Waals surface area contributed by atoms with Crippen molar-refractivity contribution >= 4 is 50.6 Å². The molecule has 13 heteroatoms. The summed E-state index contributed by atoms with van der Waals surface area (Å²) in [5.74, 6) is -4.69. The molecule has 0 aromatic carbocycles. The smallest absolute Gasteiger partial charge is 0.379 e. The summed E-state index contributed by atoms with van der Waals surface area (Å²) in [6.07, 6.45) is 1.29. The van der Waals surface area contributed by atoms with E-state index in [1.54, 1.807) is 6.92 Å². The van der Waals surface area contributed by atoms with E-state index in [1.165, 1.54) is 40.1 Å². The number of Topliss-reactive ketones (excluding diaryl/α,β-unsaturated/α-hetero) is 1. The summed E-state index contributed by atoms with van der Waals surface area (Å²) in [5, 5.41) is 13.5. The number of carbonyl (C=O) groups excluding carboxylic acids is 4. The highest BCUT2D eigenvalue weighted by atomic mass is 79.9. The van der Waals surface area contributed by atoms with Gasteiger partial charge in [-0.25, -0.2) is 14.6 Å². The van der Waals surface area contributed by atoms with Gasteiger partial charge in [-0.15, -0.1) is 0 Å². The number of aromatic nitrogens is 2.